The Bertz CT molecular complexity index is 211. The van der Waals surface area contributed by atoms with Crippen LogP contribution < -0.4 is 0 Å². The summed E-state index contributed by atoms with van der Waals surface area (Å²) in [5.74, 6) is 1.99. The Balaban J connectivity index is 2.09. The van der Waals surface area contributed by atoms with E-state index < -0.39 is 0 Å². The van der Waals surface area contributed by atoms with E-state index >= 15 is 0 Å². The highest BCUT2D eigenvalue weighted by atomic mass is 16.5. The minimum absolute atomic E-state index is 0.367. The molecule has 0 aromatic rings. The van der Waals surface area contributed by atoms with Crippen LogP contribution in [0.1, 0.15) is 46.0 Å². The molecule has 1 heteroatoms. The lowest BCUT2D eigenvalue weighted by Gasteiger charge is -2.34. The molecule has 1 spiro atoms. The van der Waals surface area contributed by atoms with Gasteiger partial charge in [0.05, 0.1) is 11.9 Å². The quantitative estimate of drug-likeness (QED) is 0.554. The van der Waals surface area contributed by atoms with Gasteiger partial charge in [0.25, 0.3) is 0 Å². The van der Waals surface area contributed by atoms with E-state index in [-0.39, 0.29) is 0 Å². The standard InChI is InChI=1S/C12H20O/c1-9-4-6-12(7-5-9)8-10(2)13-11(12)3/h9-10H,3-8H2,1-2H3. The lowest BCUT2D eigenvalue weighted by atomic mass is 9.68. The fraction of sp³-hybridized carbons (Fsp3) is 0.833. The normalized spacial score (nSPS) is 45.2. The largest absolute Gasteiger partial charge is 0.495 e. The summed E-state index contributed by atoms with van der Waals surface area (Å²) >= 11 is 0. The second kappa shape index (κ2) is 3.04. The first-order valence-corrected chi connectivity index (χ1v) is 5.48. The van der Waals surface area contributed by atoms with Gasteiger partial charge >= 0.3 is 0 Å². The van der Waals surface area contributed by atoms with Crippen LogP contribution in [0, 0.1) is 11.3 Å². The van der Waals surface area contributed by atoms with Crippen molar-refractivity contribution in [1.82, 2.24) is 0 Å². The zero-order valence-electron chi connectivity index (χ0n) is 8.81. The van der Waals surface area contributed by atoms with Gasteiger partial charge in [0.15, 0.2) is 0 Å². The lowest BCUT2D eigenvalue weighted by Crippen LogP contribution is -2.25. The summed E-state index contributed by atoms with van der Waals surface area (Å²) in [7, 11) is 0. The Morgan fingerprint density at radius 2 is 1.92 bits per heavy atom. The van der Waals surface area contributed by atoms with Gasteiger partial charge in [-0.25, -0.2) is 0 Å². The van der Waals surface area contributed by atoms with Crippen molar-refractivity contribution < 1.29 is 4.74 Å². The zero-order valence-corrected chi connectivity index (χ0v) is 8.81. The summed E-state index contributed by atoms with van der Waals surface area (Å²) in [5.41, 5.74) is 0.367. The van der Waals surface area contributed by atoms with Crippen molar-refractivity contribution in [1.29, 1.82) is 0 Å². The van der Waals surface area contributed by atoms with Crippen molar-refractivity contribution in [2.24, 2.45) is 11.3 Å². The number of ether oxygens (including phenoxy) is 1. The third-order valence-electron chi connectivity index (χ3n) is 3.84. The Labute approximate surface area is 81.2 Å². The highest BCUT2D eigenvalue weighted by Crippen LogP contribution is 2.51. The van der Waals surface area contributed by atoms with Crippen molar-refractivity contribution in [2.45, 2.75) is 52.1 Å². The molecule has 1 saturated heterocycles. The maximum atomic E-state index is 5.70. The third-order valence-corrected chi connectivity index (χ3v) is 3.84. The molecule has 1 unspecified atom stereocenters. The van der Waals surface area contributed by atoms with Crippen LogP contribution in [0.25, 0.3) is 0 Å². The second-order valence-electron chi connectivity index (χ2n) is 5.02. The highest BCUT2D eigenvalue weighted by molar-refractivity contribution is 5.10. The van der Waals surface area contributed by atoms with Crippen LogP contribution in [-0.2, 0) is 4.74 Å². The molecule has 0 radical (unpaired) electrons. The van der Waals surface area contributed by atoms with Gasteiger partial charge in [-0.3, -0.25) is 0 Å². The topological polar surface area (TPSA) is 9.23 Å². The molecule has 13 heavy (non-hydrogen) atoms. The van der Waals surface area contributed by atoms with E-state index in [9.17, 15) is 0 Å². The van der Waals surface area contributed by atoms with Gasteiger partial charge in [0, 0.05) is 5.41 Å². The van der Waals surface area contributed by atoms with Crippen LogP contribution in [0.2, 0.25) is 0 Å². The molecule has 0 aromatic heterocycles. The van der Waals surface area contributed by atoms with E-state index in [4.69, 9.17) is 4.74 Å². The average Bonchev–Trinajstić information content (AvgIpc) is 2.34. The Hall–Kier alpha value is -0.460. The Morgan fingerprint density at radius 1 is 1.31 bits per heavy atom. The first-order valence-electron chi connectivity index (χ1n) is 5.48. The molecule has 0 amide bonds. The SMILES string of the molecule is C=C1OC(C)CC12CCC(C)CC2. The first kappa shape index (κ1) is 9.11. The van der Waals surface area contributed by atoms with E-state index in [1.165, 1.54) is 32.1 Å². The molecule has 2 rings (SSSR count). The molecule has 1 saturated carbocycles. The average molecular weight is 180 g/mol. The molecule has 1 heterocycles. The fourth-order valence-electron chi connectivity index (χ4n) is 2.87. The molecule has 1 nitrogen and oxygen atoms in total. The number of rotatable bonds is 0. The van der Waals surface area contributed by atoms with E-state index in [0.717, 1.165) is 11.7 Å². The van der Waals surface area contributed by atoms with Crippen molar-refractivity contribution in [3.63, 3.8) is 0 Å². The summed E-state index contributed by atoms with van der Waals surface area (Å²) < 4.78 is 5.70. The molecule has 1 aliphatic heterocycles. The first-order chi connectivity index (χ1) is 6.12. The van der Waals surface area contributed by atoms with Gasteiger partial charge in [-0.2, -0.15) is 0 Å². The van der Waals surface area contributed by atoms with Crippen molar-refractivity contribution >= 4 is 0 Å². The van der Waals surface area contributed by atoms with E-state index in [1.54, 1.807) is 0 Å². The van der Waals surface area contributed by atoms with Gasteiger partial charge in [-0.05, 0) is 44.9 Å². The van der Waals surface area contributed by atoms with Crippen LogP contribution in [0.15, 0.2) is 12.3 Å². The minimum atomic E-state index is 0.367. The minimum Gasteiger partial charge on any atom is -0.495 e. The summed E-state index contributed by atoms with van der Waals surface area (Å²) in [6.45, 7) is 8.61. The van der Waals surface area contributed by atoms with Crippen molar-refractivity contribution in [3.8, 4) is 0 Å². The molecular weight excluding hydrogens is 160 g/mol. The van der Waals surface area contributed by atoms with Gasteiger partial charge in [-0.1, -0.05) is 13.5 Å². The maximum Gasteiger partial charge on any atom is 0.0964 e. The van der Waals surface area contributed by atoms with Crippen LogP contribution >= 0.6 is 0 Å². The number of hydrogen-bond donors (Lipinski definition) is 0. The van der Waals surface area contributed by atoms with E-state index in [1.807, 2.05) is 0 Å². The molecule has 2 aliphatic rings. The highest BCUT2D eigenvalue weighted by Gasteiger charge is 2.44. The summed E-state index contributed by atoms with van der Waals surface area (Å²) in [6, 6.07) is 0. The summed E-state index contributed by atoms with van der Waals surface area (Å²) in [4.78, 5) is 0. The molecule has 74 valence electrons. The maximum absolute atomic E-state index is 5.70. The van der Waals surface area contributed by atoms with Gasteiger partial charge in [-0.15, -0.1) is 0 Å². The number of hydrogen-bond acceptors (Lipinski definition) is 1. The molecule has 1 atom stereocenters. The molecule has 0 N–H and O–H groups in total. The van der Waals surface area contributed by atoms with Crippen LogP contribution in [0.5, 0.6) is 0 Å². The van der Waals surface area contributed by atoms with Crippen molar-refractivity contribution in [2.75, 3.05) is 0 Å². The molecule has 2 fully saturated rings. The lowest BCUT2D eigenvalue weighted by molar-refractivity contribution is 0.161. The molecule has 0 aromatic carbocycles. The zero-order chi connectivity index (χ0) is 9.47. The Morgan fingerprint density at radius 3 is 2.38 bits per heavy atom. The van der Waals surface area contributed by atoms with Gasteiger partial charge in [0.2, 0.25) is 0 Å². The predicted octanol–water partition coefficient (Wildman–Crippen LogP) is 3.51. The van der Waals surface area contributed by atoms with E-state index in [0.29, 0.717) is 11.5 Å². The third kappa shape index (κ3) is 1.49. The smallest absolute Gasteiger partial charge is 0.0964 e. The van der Waals surface area contributed by atoms with Crippen molar-refractivity contribution in [3.05, 3.63) is 12.3 Å². The molecule has 1 aliphatic carbocycles. The number of allylic oxidation sites excluding steroid dienone is 1. The second-order valence-corrected chi connectivity index (χ2v) is 5.02. The monoisotopic (exact) mass is 180 g/mol. The summed E-state index contributed by atoms with van der Waals surface area (Å²) in [5, 5.41) is 0. The van der Waals surface area contributed by atoms with Crippen LogP contribution in [0.4, 0.5) is 0 Å². The predicted molar refractivity (Wildman–Crippen MR) is 54.4 cm³/mol. The van der Waals surface area contributed by atoms with E-state index in [2.05, 4.69) is 20.4 Å². The Kier molecular flexibility index (Phi) is 2.13. The molecule has 0 bridgehead atoms. The summed E-state index contributed by atoms with van der Waals surface area (Å²) in [6.07, 6.45) is 6.93. The van der Waals surface area contributed by atoms with Gasteiger partial charge < -0.3 is 4.74 Å². The van der Waals surface area contributed by atoms with Crippen LogP contribution in [-0.4, -0.2) is 6.10 Å². The molecular formula is C12H20O. The van der Waals surface area contributed by atoms with Crippen LogP contribution in [0.3, 0.4) is 0 Å². The fourth-order valence-corrected chi connectivity index (χ4v) is 2.87. The van der Waals surface area contributed by atoms with Gasteiger partial charge in [0.1, 0.15) is 0 Å².